The fourth-order valence-electron chi connectivity index (χ4n) is 2.03. The average molecular weight is 421 g/mol. The number of rotatable bonds is 4. The minimum atomic E-state index is -0.104. The lowest BCUT2D eigenvalue weighted by atomic mass is 10.1. The van der Waals surface area contributed by atoms with Crippen molar-refractivity contribution in [1.82, 2.24) is 15.6 Å². The van der Waals surface area contributed by atoms with Crippen molar-refractivity contribution in [2.45, 2.75) is 6.42 Å². The van der Waals surface area contributed by atoms with Gasteiger partial charge in [0, 0.05) is 18.5 Å². The fourth-order valence-corrected chi connectivity index (χ4v) is 4.29. The Morgan fingerprint density at radius 1 is 1.45 bits per heavy atom. The molecule has 2 aromatic rings. The normalized spacial score (nSPS) is 14.1. The van der Waals surface area contributed by atoms with Crippen LogP contribution in [0.5, 0.6) is 0 Å². The van der Waals surface area contributed by atoms with E-state index in [4.69, 9.17) is 0 Å². The van der Waals surface area contributed by atoms with Crippen LogP contribution in [0, 0.1) is 0 Å². The Morgan fingerprint density at radius 2 is 2.32 bits per heavy atom. The molecule has 0 saturated heterocycles. The molecule has 2 N–H and O–H groups in total. The lowest BCUT2D eigenvalue weighted by molar-refractivity contribution is 0.0952. The van der Waals surface area contributed by atoms with Crippen molar-refractivity contribution in [3.8, 4) is 9.88 Å². The molecule has 2 aromatic heterocycles. The number of carbonyl (C=O) groups excluding carboxylic acids is 1. The second-order valence-corrected chi connectivity index (χ2v) is 7.96. The van der Waals surface area contributed by atoms with E-state index in [1.807, 2.05) is 17.5 Å². The minimum absolute atomic E-state index is 0. The second-order valence-electron chi connectivity index (χ2n) is 4.64. The quantitative estimate of drug-likeness (QED) is 0.742. The molecule has 0 fully saturated rings. The van der Waals surface area contributed by atoms with E-state index in [1.165, 1.54) is 16.9 Å². The van der Waals surface area contributed by atoms with Crippen LogP contribution in [0.3, 0.4) is 0 Å². The number of nitrogens with one attached hydrogen (secondary N) is 2. The van der Waals surface area contributed by atoms with Gasteiger partial charge in [0.1, 0.15) is 10.7 Å². The summed E-state index contributed by atoms with van der Waals surface area (Å²) in [5.74, 6) is -0.104. The van der Waals surface area contributed by atoms with Crippen LogP contribution < -0.4 is 10.6 Å². The first-order chi connectivity index (χ1) is 10.2. The van der Waals surface area contributed by atoms with Crippen molar-refractivity contribution < 1.29 is 4.79 Å². The van der Waals surface area contributed by atoms with Crippen molar-refractivity contribution >= 4 is 56.9 Å². The third-order valence-corrected chi connectivity index (χ3v) is 5.79. The number of thiazole rings is 1. The molecule has 1 amide bonds. The zero-order valence-corrected chi connectivity index (χ0v) is 15.6. The molecule has 4 nitrogen and oxygen atoms in total. The van der Waals surface area contributed by atoms with Gasteiger partial charge in [-0.15, -0.1) is 35.1 Å². The highest BCUT2D eigenvalue weighted by molar-refractivity contribution is 9.11. The van der Waals surface area contributed by atoms with Gasteiger partial charge in [0.15, 0.2) is 0 Å². The van der Waals surface area contributed by atoms with Crippen LogP contribution in [-0.2, 0) is 0 Å². The smallest absolute Gasteiger partial charge is 0.271 e. The maximum atomic E-state index is 12.1. The maximum absolute atomic E-state index is 12.1. The Labute approximate surface area is 151 Å². The molecule has 0 aromatic carbocycles. The Balaban J connectivity index is 0.00000176. The first-order valence-corrected chi connectivity index (χ1v) is 9.09. The lowest BCUT2D eigenvalue weighted by Gasteiger charge is -2.14. The third-order valence-electron chi connectivity index (χ3n) is 3.15. The molecule has 0 bridgehead atoms. The van der Waals surface area contributed by atoms with Gasteiger partial charge in [0.25, 0.3) is 5.91 Å². The molecule has 118 valence electrons. The number of halogens is 2. The molecule has 3 heterocycles. The van der Waals surface area contributed by atoms with E-state index in [1.54, 1.807) is 11.3 Å². The number of thiophene rings is 1. The third kappa shape index (κ3) is 4.39. The Morgan fingerprint density at radius 3 is 3.00 bits per heavy atom. The van der Waals surface area contributed by atoms with Gasteiger partial charge in [-0.3, -0.25) is 4.79 Å². The highest BCUT2D eigenvalue weighted by atomic mass is 79.9. The van der Waals surface area contributed by atoms with Gasteiger partial charge in [-0.2, -0.15) is 0 Å². The number of amides is 1. The summed E-state index contributed by atoms with van der Waals surface area (Å²) >= 11 is 6.56. The second kappa shape index (κ2) is 8.21. The van der Waals surface area contributed by atoms with Gasteiger partial charge in [0.05, 0.1) is 8.66 Å². The summed E-state index contributed by atoms with van der Waals surface area (Å²) in [7, 11) is 0. The zero-order chi connectivity index (χ0) is 14.7. The van der Waals surface area contributed by atoms with Crippen LogP contribution in [0.4, 0.5) is 0 Å². The largest absolute Gasteiger partial charge is 0.347 e. The van der Waals surface area contributed by atoms with Crippen molar-refractivity contribution in [1.29, 1.82) is 0 Å². The summed E-state index contributed by atoms with van der Waals surface area (Å²) in [5, 5.41) is 8.90. The molecule has 8 heteroatoms. The molecule has 1 aliphatic heterocycles. The first-order valence-electron chi connectivity index (χ1n) is 6.60. The molecule has 3 rings (SSSR count). The highest BCUT2D eigenvalue weighted by Gasteiger charge is 2.13. The predicted octanol–water partition coefficient (Wildman–Crippen LogP) is 3.71. The number of carbonyl (C=O) groups is 1. The monoisotopic (exact) mass is 419 g/mol. The van der Waals surface area contributed by atoms with Crippen LogP contribution in [0.15, 0.2) is 32.9 Å². The van der Waals surface area contributed by atoms with E-state index in [0.29, 0.717) is 12.2 Å². The molecule has 0 atom stereocenters. The highest BCUT2D eigenvalue weighted by Crippen LogP contribution is 2.33. The number of nitrogens with zero attached hydrogens (tertiary/aromatic N) is 1. The summed E-state index contributed by atoms with van der Waals surface area (Å²) in [6, 6.07) is 4.00. The van der Waals surface area contributed by atoms with Crippen LogP contribution in [0.25, 0.3) is 9.88 Å². The SMILES string of the molecule is Cl.O=C(NCC1=CCNCC1)c1csc(-c2ccc(Br)s2)n1. The van der Waals surface area contributed by atoms with Crippen molar-refractivity contribution in [2.75, 3.05) is 19.6 Å². The molecule has 1 aliphatic rings. The Kier molecular flexibility index (Phi) is 6.58. The lowest BCUT2D eigenvalue weighted by Crippen LogP contribution is -2.29. The Bertz CT molecular complexity index is 683. The van der Waals surface area contributed by atoms with Crippen LogP contribution in [-0.4, -0.2) is 30.5 Å². The topological polar surface area (TPSA) is 54.0 Å². The molecule has 0 spiro atoms. The van der Waals surface area contributed by atoms with Gasteiger partial charge >= 0.3 is 0 Å². The molecular weight excluding hydrogens is 406 g/mol. The van der Waals surface area contributed by atoms with Gasteiger partial charge in [0.2, 0.25) is 0 Å². The number of hydrogen-bond donors (Lipinski definition) is 2. The van der Waals surface area contributed by atoms with E-state index < -0.39 is 0 Å². The first kappa shape index (κ1) is 17.6. The van der Waals surface area contributed by atoms with Gasteiger partial charge in [-0.05, 0) is 41.0 Å². The van der Waals surface area contributed by atoms with Crippen molar-refractivity contribution in [3.63, 3.8) is 0 Å². The Hall–Kier alpha value is -0.730. The summed E-state index contributed by atoms with van der Waals surface area (Å²) in [6.45, 7) is 2.48. The van der Waals surface area contributed by atoms with Crippen LogP contribution in [0.1, 0.15) is 16.9 Å². The molecule has 0 saturated carbocycles. The van der Waals surface area contributed by atoms with E-state index in [0.717, 1.165) is 33.2 Å². The van der Waals surface area contributed by atoms with E-state index in [9.17, 15) is 4.79 Å². The summed E-state index contributed by atoms with van der Waals surface area (Å²) in [4.78, 5) is 17.6. The minimum Gasteiger partial charge on any atom is -0.347 e. The van der Waals surface area contributed by atoms with Gasteiger partial charge in [-0.25, -0.2) is 4.98 Å². The molecule has 0 unspecified atom stereocenters. The zero-order valence-electron chi connectivity index (χ0n) is 11.6. The predicted molar refractivity (Wildman–Crippen MR) is 98.3 cm³/mol. The molecule has 0 aliphatic carbocycles. The molecule has 22 heavy (non-hydrogen) atoms. The van der Waals surface area contributed by atoms with Crippen molar-refractivity contribution in [2.24, 2.45) is 0 Å². The van der Waals surface area contributed by atoms with Gasteiger partial charge in [-0.1, -0.05) is 11.6 Å². The molecule has 0 radical (unpaired) electrons. The summed E-state index contributed by atoms with van der Waals surface area (Å²) < 4.78 is 1.07. The fraction of sp³-hybridized carbons (Fsp3) is 0.286. The summed E-state index contributed by atoms with van der Waals surface area (Å²) in [5.41, 5.74) is 1.77. The maximum Gasteiger partial charge on any atom is 0.271 e. The van der Waals surface area contributed by atoms with E-state index in [2.05, 4.69) is 37.6 Å². The molecular formula is C14H15BrClN3OS2. The van der Waals surface area contributed by atoms with E-state index in [-0.39, 0.29) is 18.3 Å². The average Bonchev–Trinajstić information content (AvgIpc) is 3.14. The standard InChI is InChI=1S/C14H14BrN3OS2.ClH/c15-12-2-1-11(21-12)14-18-10(8-20-14)13(19)17-7-9-3-5-16-6-4-9;/h1-3,8,16H,4-7H2,(H,17,19);1H. The van der Waals surface area contributed by atoms with Gasteiger partial charge < -0.3 is 10.6 Å². The number of aromatic nitrogens is 1. The summed E-state index contributed by atoms with van der Waals surface area (Å²) in [6.07, 6.45) is 3.13. The van der Waals surface area contributed by atoms with Crippen LogP contribution >= 0.6 is 51.0 Å². The van der Waals surface area contributed by atoms with Crippen LogP contribution in [0.2, 0.25) is 0 Å². The number of hydrogen-bond acceptors (Lipinski definition) is 5. The van der Waals surface area contributed by atoms with E-state index >= 15 is 0 Å². The van der Waals surface area contributed by atoms with Crippen molar-refractivity contribution in [3.05, 3.63) is 38.6 Å².